The van der Waals surface area contributed by atoms with Gasteiger partial charge in [-0.1, -0.05) is 24.3 Å². The standard InChI is InChI=1S/C9H13NO2/c1-10-9(12)8-5-3-2-4-7(8)6-11/h2-5,9-12H,6H2,1H3. The minimum atomic E-state index is -0.701. The minimum Gasteiger partial charge on any atom is -0.392 e. The molecule has 0 heterocycles. The Morgan fingerprint density at radius 2 is 2.08 bits per heavy atom. The fourth-order valence-electron chi connectivity index (χ4n) is 1.10. The molecule has 12 heavy (non-hydrogen) atoms. The summed E-state index contributed by atoms with van der Waals surface area (Å²) in [5, 5.41) is 21.0. The first kappa shape index (κ1) is 9.19. The van der Waals surface area contributed by atoms with Crippen LogP contribution in [0.25, 0.3) is 0 Å². The fraction of sp³-hybridized carbons (Fsp3) is 0.333. The predicted molar refractivity (Wildman–Crippen MR) is 46.4 cm³/mol. The summed E-state index contributed by atoms with van der Waals surface area (Å²) >= 11 is 0. The van der Waals surface area contributed by atoms with Gasteiger partial charge < -0.3 is 10.2 Å². The quantitative estimate of drug-likeness (QED) is 0.571. The van der Waals surface area contributed by atoms with Gasteiger partial charge in [-0.3, -0.25) is 5.32 Å². The molecule has 0 aliphatic rings. The van der Waals surface area contributed by atoms with Gasteiger partial charge in [-0.2, -0.15) is 0 Å². The van der Waals surface area contributed by atoms with Crippen LogP contribution in [0.15, 0.2) is 24.3 Å². The lowest BCUT2D eigenvalue weighted by Crippen LogP contribution is -2.16. The number of aliphatic hydroxyl groups is 2. The Bertz CT molecular complexity index is 250. The van der Waals surface area contributed by atoms with E-state index < -0.39 is 6.23 Å². The highest BCUT2D eigenvalue weighted by Crippen LogP contribution is 2.14. The van der Waals surface area contributed by atoms with Gasteiger partial charge in [0.05, 0.1) is 6.61 Å². The lowest BCUT2D eigenvalue weighted by Gasteiger charge is -2.12. The molecule has 3 heteroatoms. The summed E-state index contributed by atoms with van der Waals surface area (Å²) in [6.45, 7) is -0.0467. The topological polar surface area (TPSA) is 52.5 Å². The van der Waals surface area contributed by atoms with Gasteiger partial charge in [0.15, 0.2) is 0 Å². The zero-order valence-corrected chi connectivity index (χ0v) is 6.99. The molecule has 0 saturated heterocycles. The van der Waals surface area contributed by atoms with Crippen molar-refractivity contribution in [3.8, 4) is 0 Å². The second-order valence-corrected chi connectivity index (χ2v) is 2.55. The first-order valence-electron chi connectivity index (χ1n) is 3.83. The second-order valence-electron chi connectivity index (χ2n) is 2.55. The number of benzene rings is 1. The average Bonchev–Trinajstić information content (AvgIpc) is 2.16. The van der Waals surface area contributed by atoms with Gasteiger partial charge >= 0.3 is 0 Å². The maximum Gasteiger partial charge on any atom is 0.131 e. The van der Waals surface area contributed by atoms with Crippen molar-refractivity contribution in [2.45, 2.75) is 12.8 Å². The van der Waals surface area contributed by atoms with E-state index in [2.05, 4.69) is 5.32 Å². The van der Waals surface area contributed by atoms with E-state index in [-0.39, 0.29) is 6.61 Å². The van der Waals surface area contributed by atoms with E-state index in [9.17, 15) is 5.11 Å². The number of nitrogens with one attached hydrogen (secondary N) is 1. The fourth-order valence-corrected chi connectivity index (χ4v) is 1.10. The van der Waals surface area contributed by atoms with Gasteiger partial charge in [0, 0.05) is 5.56 Å². The molecule has 1 unspecified atom stereocenters. The monoisotopic (exact) mass is 167 g/mol. The van der Waals surface area contributed by atoms with Gasteiger partial charge in [-0.05, 0) is 12.6 Å². The van der Waals surface area contributed by atoms with Gasteiger partial charge in [0.2, 0.25) is 0 Å². The molecule has 0 saturated carbocycles. The zero-order valence-electron chi connectivity index (χ0n) is 6.99. The van der Waals surface area contributed by atoms with Crippen molar-refractivity contribution in [3.63, 3.8) is 0 Å². The van der Waals surface area contributed by atoms with Gasteiger partial charge in [-0.15, -0.1) is 0 Å². The molecule has 1 aromatic rings. The molecule has 3 N–H and O–H groups in total. The molecule has 0 aliphatic carbocycles. The van der Waals surface area contributed by atoms with Gasteiger partial charge in [0.25, 0.3) is 0 Å². The number of rotatable bonds is 3. The third kappa shape index (κ3) is 1.82. The number of aliphatic hydroxyl groups excluding tert-OH is 2. The van der Waals surface area contributed by atoms with Crippen LogP contribution in [0.3, 0.4) is 0 Å². The summed E-state index contributed by atoms with van der Waals surface area (Å²) < 4.78 is 0. The molecule has 1 rings (SSSR count). The molecule has 0 spiro atoms. The third-order valence-corrected chi connectivity index (χ3v) is 1.79. The summed E-state index contributed by atoms with van der Waals surface area (Å²) in [5.41, 5.74) is 1.47. The molecular weight excluding hydrogens is 154 g/mol. The summed E-state index contributed by atoms with van der Waals surface area (Å²) in [7, 11) is 1.67. The largest absolute Gasteiger partial charge is 0.392 e. The summed E-state index contributed by atoms with van der Waals surface area (Å²) in [6.07, 6.45) is -0.701. The maximum atomic E-state index is 9.42. The van der Waals surface area contributed by atoms with Crippen LogP contribution in [0.4, 0.5) is 0 Å². The van der Waals surface area contributed by atoms with Crippen LogP contribution >= 0.6 is 0 Å². The smallest absolute Gasteiger partial charge is 0.131 e. The molecule has 0 aromatic heterocycles. The third-order valence-electron chi connectivity index (χ3n) is 1.79. The van der Waals surface area contributed by atoms with E-state index in [0.29, 0.717) is 0 Å². The summed E-state index contributed by atoms with van der Waals surface area (Å²) in [6, 6.07) is 7.23. The highest BCUT2D eigenvalue weighted by Gasteiger charge is 2.07. The van der Waals surface area contributed by atoms with Crippen LogP contribution in [0.5, 0.6) is 0 Å². The van der Waals surface area contributed by atoms with Crippen molar-refractivity contribution in [2.24, 2.45) is 0 Å². The van der Waals surface area contributed by atoms with E-state index in [1.54, 1.807) is 19.2 Å². The molecule has 0 aliphatic heterocycles. The van der Waals surface area contributed by atoms with Crippen LogP contribution in [-0.4, -0.2) is 17.3 Å². The Hall–Kier alpha value is -0.900. The average molecular weight is 167 g/mol. The van der Waals surface area contributed by atoms with E-state index in [0.717, 1.165) is 11.1 Å². The summed E-state index contributed by atoms with van der Waals surface area (Å²) in [4.78, 5) is 0. The molecule has 1 aromatic carbocycles. The first-order valence-corrected chi connectivity index (χ1v) is 3.83. The predicted octanol–water partition coefficient (Wildman–Crippen LogP) is 0.389. The maximum absolute atomic E-state index is 9.42. The van der Waals surface area contributed by atoms with Gasteiger partial charge in [0.1, 0.15) is 6.23 Å². The van der Waals surface area contributed by atoms with Crippen LogP contribution in [-0.2, 0) is 6.61 Å². The van der Waals surface area contributed by atoms with Crippen molar-refractivity contribution in [2.75, 3.05) is 7.05 Å². The van der Waals surface area contributed by atoms with Crippen molar-refractivity contribution in [3.05, 3.63) is 35.4 Å². The normalized spacial score (nSPS) is 12.9. The van der Waals surface area contributed by atoms with Crippen molar-refractivity contribution in [1.29, 1.82) is 0 Å². The van der Waals surface area contributed by atoms with E-state index in [4.69, 9.17) is 5.11 Å². The van der Waals surface area contributed by atoms with E-state index >= 15 is 0 Å². The molecular formula is C9H13NO2. The molecule has 66 valence electrons. The van der Waals surface area contributed by atoms with Crippen LogP contribution < -0.4 is 5.32 Å². The van der Waals surface area contributed by atoms with Crippen LogP contribution in [0.2, 0.25) is 0 Å². The number of hydrogen-bond acceptors (Lipinski definition) is 3. The Morgan fingerprint density at radius 1 is 1.42 bits per heavy atom. The molecule has 0 bridgehead atoms. The molecule has 3 nitrogen and oxygen atoms in total. The minimum absolute atomic E-state index is 0.0467. The van der Waals surface area contributed by atoms with Gasteiger partial charge in [-0.25, -0.2) is 0 Å². The highest BCUT2D eigenvalue weighted by atomic mass is 16.3. The molecule has 0 fully saturated rings. The second kappa shape index (κ2) is 4.21. The van der Waals surface area contributed by atoms with Crippen molar-refractivity contribution in [1.82, 2.24) is 5.32 Å². The van der Waals surface area contributed by atoms with Crippen molar-refractivity contribution >= 4 is 0 Å². The molecule has 0 amide bonds. The lowest BCUT2D eigenvalue weighted by molar-refractivity contribution is 0.145. The lowest BCUT2D eigenvalue weighted by atomic mass is 10.1. The van der Waals surface area contributed by atoms with E-state index in [1.807, 2.05) is 12.1 Å². The Labute approximate surface area is 71.7 Å². The van der Waals surface area contributed by atoms with Crippen LogP contribution in [0, 0.1) is 0 Å². The zero-order chi connectivity index (χ0) is 8.97. The molecule has 0 radical (unpaired) electrons. The first-order chi connectivity index (χ1) is 5.79. The number of hydrogen-bond donors (Lipinski definition) is 3. The Morgan fingerprint density at radius 3 is 2.67 bits per heavy atom. The highest BCUT2D eigenvalue weighted by molar-refractivity contribution is 5.27. The SMILES string of the molecule is CNC(O)c1ccccc1CO. The van der Waals surface area contributed by atoms with E-state index in [1.165, 1.54) is 0 Å². The van der Waals surface area contributed by atoms with Crippen LogP contribution in [0.1, 0.15) is 17.4 Å². The molecule has 1 atom stereocenters. The summed E-state index contributed by atoms with van der Waals surface area (Å²) in [5.74, 6) is 0. The Balaban J connectivity index is 2.96. The Kier molecular flexibility index (Phi) is 3.22. The van der Waals surface area contributed by atoms with Crippen molar-refractivity contribution < 1.29 is 10.2 Å².